The van der Waals surface area contributed by atoms with E-state index in [0.717, 1.165) is 43.1 Å². The molecule has 0 bridgehead atoms. The molecule has 1 fully saturated rings. The van der Waals surface area contributed by atoms with Gasteiger partial charge in [-0.3, -0.25) is 4.79 Å². The summed E-state index contributed by atoms with van der Waals surface area (Å²) in [5.41, 5.74) is 1.71. The van der Waals surface area contributed by atoms with Crippen molar-refractivity contribution < 1.29 is 9.18 Å². The van der Waals surface area contributed by atoms with Crippen LogP contribution in [0.1, 0.15) is 11.1 Å². The van der Waals surface area contributed by atoms with Crippen molar-refractivity contribution in [2.24, 2.45) is 0 Å². The molecule has 0 radical (unpaired) electrons. The van der Waals surface area contributed by atoms with Gasteiger partial charge in [-0.05, 0) is 36.4 Å². The van der Waals surface area contributed by atoms with Gasteiger partial charge in [0, 0.05) is 43.4 Å². The number of amides is 1. The zero-order chi connectivity index (χ0) is 18.5. The van der Waals surface area contributed by atoms with Crippen molar-refractivity contribution in [1.29, 1.82) is 0 Å². The minimum absolute atomic E-state index is 0.111. The lowest BCUT2D eigenvalue weighted by molar-refractivity contribution is -0.120. The molecule has 1 aliphatic heterocycles. The van der Waals surface area contributed by atoms with Crippen molar-refractivity contribution in [2.75, 3.05) is 38.1 Å². The van der Waals surface area contributed by atoms with Crippen LogP contribution in [-0.2, 0) is 17.8 Å². The monoisotopic (exact) mass is 420 g/mol. The molecule has 0 aliphatic carbocycles. The highest BCUT2D eigenvalue weighted by atomic mass is 79.9. The Hall–Kier alpha value is -1.99. The van der Waals surface area contributed by atoms with Gasteiger partial charge in [0.05, 0.1) is 6.42 Å². The third kappa shape index (κ3) is 5.02. The number of benzene rings is 1. The molecule has 5 nitrogen and oxygen atoms in total. The summed E-state index contributed by atoms with van der Waals surface area (Å²) in [6.07, 6.45) is 2.01. The lowest BCUT2D eigenvalue weighted by Gasteiger charge is -2.33. The van der Waals surface area contributed by atoms with Crippen LogP contribution in [0.3, 0.4) is 0 Å². The second-order valence-corrected chi connectivity index (χ2v) is 7.36. The van der Waals surface area contributed by atoms with Gasteiger partial charge in [-0.2, -0.15) is 0 Å². The average molecular weight is 421 g/mol. The van der Waals surface area contributed by atoms with Gasteiger partial charge in [0.2, 0.25) is 5.91 Å². The first-order chi connectivity index (χ1) is 12.5. The molecule has 1 aromatic carbocycles. The highest BCUT2D eigenvalue weighted by molar-refractivity contribution is 9.10. The second-order valence-electron chi connectivity index (χ2n) is 6.50. The predicted octanol–water partition coefficient (Wildman–Crippen LogP) is 2.59. The Morgan fingerprint density at radius 2 is 2.00 bits per heavy atom. The van der Waals surface area contributed by atoms with E-state index < -0.39 is 0 Å². The van der Waals surface area contributed by atoms with Crippen molar-refractivity contribution in [3.63, 3.8) is 0 Å². The molecule has 1 aliphatic rings. The first kappa shape index (κ1) is 18.8. The van der Waals surface area contributed by atoms with E-state index >= 15 is 0 Å². The van der Waals surface area contributed by atoms with Crippen LogP contribution >= 0.6 is 15.9 Å². The molecule has 1 N–H and O–H groups in total. The summed E-state index contributed by atoms with van der Waals surface area (Å²) in [5.74, 6) is 0.538. The van der Waals surface area contributed by atoms with Crippen molar-refractivity contribution in [3.8, 4) is 0 Å². The summed E-state index contributed by atoms with van der Waals surface area (Å²) in [6, 6.07) is 8.33. The Morgan fingerprint density at radius 1 is 1.23 bits per heavy atom. The Morgan fingerprint density at radius 3 is 2.65 bits per heavy atom. The summed E-state index contributed by atoms with van der Waals surface area (Å²) in [7, 11) is 2.13. The lowest BCUT2D eigenvalue weighted by atomic mass is 10.1. The summed E-state index contributed by atoms with van der Waals surface area (Å²) >= 11 is 3.28. The molecule has 0 saturated carbocycles. The Balaban J connectivity index is 1.50. The molecule has 0 atom stereocenters. The molecular weight excluding hydrogens is 399 g/mol. The van der Waals surface area contributed by atoms with Gasteiger partial charge in [-0.25, -0.2) is 9.37 Å². The van der Waals surface area contributed by atoms with E-state index in [4.69, 9.17) is 0 Å². The van der Waals surface area contributed by atoms with Crippen molar-refractivity contribution >= 4 is 27.7 Å². The topological polar surface area (TPSA) is 48.5 Å². The maximum Gasteiger partial charge on any atom is 0.224 e. The van der Waals surface area contributed by atoms with E-state index in [9.17, 15) is 9.18 Å². The van der Waals surface area contributed by atoms with Gasteiger partial charge < -0.3 is 15.1 Å². The number of aromatic nitrogens is 1. The van der Waals surface area contributed by atoms with E-state index in [0.29, 0.717) is 11.0 Å². The minimum Gasteiger partial charge on any atom is -0.354 e. The number of carbonyl (C=O) groups excluding carboxylic acids is 1. The Bertz CT molecular complexity index is 761. The van der Waals surface area contributed by atoms with Crippen LogP contribution in [0.25, 0.3) is 0 Å². The SMILES string of the molecule is CN1CCN(c2ccc(CNC(=O)Cc3ccc(F)cc3Br)cn2)CC1. The molecule has 1 aromatic heterocycles. The first-order valence-corrected chi connectivity index (χ1v) is 9.39. The standard InChI is InChI=1S/C19H22BrFN4O/c1-24-6-8-25(9-7-24)18-5-2-14(12-22-18)13-23-19(26)10-15-3-4-16(21)11-17(15)20/h2-5,11-12H,6-10,13H2,1H3,(H,23,26). The number of hydrogen-bond acceptors (Lipinski definition) is 4. The lowest BCUT2D eigenvalue weighted by Crippen LogP contribution is -2.44. The number of likely N-dealkylation sites (N-methyl/N-ethyl adjacent to an activating group) is 1. The fourth-order valence-corrected chi connectivity index (χ4v) is 3.34. The number of hydrogen-bond donors (Lipinski definition) is 1. The normalized spacial score (nSPS) is 15.1. The number of carbonyl (C=O) groups is 1. The van der Waals surface area contributed by atoms with Crippen LogP contribution in [0.15, 0.2) is 41.0 Å². The van der Waals surface area contributed by atoms with Gasteiger partial charge in [0.1, 0.15) is 11.6 Å². The van der Waals surface area contributed by atoms with Gasteiger partial charge in [-0.1, -0.05) is 28.1 Å². The zero-order valence-corrected chi connectivity index (χ0v) is 16.3. The summed E-state index contributed by atoms with van der Waals surface area (Å²) in [4.78, 5) is 21.2. The third-order valence-corrected chi connectivity index (χ3v) is 5.23. The van der Waals surface area contributed by atoms with Crippen LogP contribution in [0.5, 0.6) is 0 Å². The second kappa shape index (κ2) is 8.60. The molecule has 2 aromatic rings. The number of rotatable bonds is 5. The predicted molar refractivity (Wildman–Crippen MR) is 104 cm³/mol. The highest BCUT2D eigenvalue weighted by Crippen LogP contribution is 2.18. The molecular formula is C19H22BrFN4O. The van der Waals surface area contributed by atoms with E-state index in [1.165, 1.54) is 12.1 Å². The first-order valence-electron chi connectivity index (χ1n) is 8.60. The van der Waals surface area contributed by atoms with Crippen molar-refractivity contribution in [2.45, 2.75) is 13.0 Å². The Kier molecular flexibility index (Phi) is 6.21. The molecule has 1 saturated heterocycles. The molecule has 138 valence electrons. The molecule has 26 heavy (non-hydrogen) atoms. The fraction of sp³-hybridized carbons (Fsp3) is 0.368. The average Bonchev–Trinajstić information content (AvgIpc) is 2.63. The van der Waals surface area contributed by atoms with E-state index in [2.05, 4.69) is 43.1 Å². The number of anilines is 1. The van der Waals surface area contributed by atoms with Gasteiger partial charge in [-0.15, -0.1) is 0 Å². The maximum absolute atomic E-state index is 13.1. The van der Waals surface area contributed by atoms with E-state index in [-0.39, 0.29) is 18.1 Å². The number of piperazine rings is 1. The van der Waals surface area contributed by atoms with Gasteiger partial charge >= 0.3 is 0 Å². The van der Waals surface area contributed by atoms with Gasteiger partial charge in [0.25, 0.3) is 0 Å². The van der Waals surface area contributed by atoms with Crippen LogP contribution in [0, 0.1) is 5.82 Å². The molecule has 1 amide bonds. The molecule has 0 spiro atoms. The smallest absolute Gasteiger partial charge is 0.224 e. The zero-order valence-electron chi connectivity index (χ0n) is 14.7. The molecule has 7 heteroatoms. The quantitative estimate of drug-likeness (QED) is 0.807. The maximum atomic E-state index is 13.1. The number of nitrogens with zero attached hydrogens (tertiary/aromatic N) is 3. The van der Waals surface area contributed by atoms with Gasteiger partial charge in [0.15, 0.2) is 0 Å². The summed E-state index contributed by atoms with van der Waals surface area (Å²) < 4.78 is 13.7. The summed E-state index contributed by atoms with van der Waals surface area (Å²) in [5, 5.41) is 2.88. The van der Waals surface area contributed by atoms with E-state index in [1.54, 1.807) is 6.07 Å². The van der Waals surface area contributed by atoms with Crippen LogP contribution in [0.2, 0.25) is 0 Å². The van der Waals surface area contributed by atoms with Crippen molar-refractivity contribution in [3.05, 3.63) is 57.9 Å². The largest absolute Gasteiger partial charge is 0.354 e. The van der Waals surface area contributed by atoms with Crippen LogP contribution in [0.4, 0.5) is 10.2 Å². The number of nitrogens with one attached hydrogen (secondary N) is 1. The number of halogens is 2. The van der Waals surface area contributed by atoms with Crippen LogP contribution in [-0.4, -0.2) is 49.0 Å². The highest BCUT2D eigenvalue weighted by Gasteiger charge is 2.15. The molecule has 3 rings (SSSR count). The molecule has 2 heterocycles. The van der Waals surface area contributed by atoms with E-state index in [1.807, 2.05) is 18.3 Å². The third-order valence-electron chi connectivity index (χ3n) is 4.49. The Labute approximate surface area is 161 Å². The molecule has 0 unspecified atom stereocenters. The number of pyridine rings is 1. The van der Waals surface area contributed by atoms with Crippen molar-refractivity contribution in [1.82, 2.24) is 15.2 Å². The summed E-state index contributed by atoms with van der Waals surface area (Å²) in [6.45, 7) is 4.46. The fourth-order valence-electron chi connectivity index (χ4n) is 2.85. The van der Waals surface area contributed by atoms with Crippen LogP contribution < -0.4 is 10.2 Å². The minimum atomic E-state index is -0.326.